The lowest BCUT2D eigenvalue weighted by molar-refractivity contribution is 0.0950. The van der Waals surface area contributed by atoms with Gasteiger partial charge in [0.2, 0.25) is 0 Å². The number of thiophene rings is 1. The van der Waals surface area contributed by atoms with Gasteiger partial charge in [-0.05, 0) is 30.4 Å². The van der Waals surface area contributed by atoms with Crippen LogP contribution in [0.1, 0.15) is 23.3 Å². The van der Waals surface area contributed by atoms with Gasteiger partial charge < -0.3 is 10.1 Å². The summed E-state index contributed by atoms with van der Waals surface area (Å²) >= 11 is 3.54. The van der Waals surface area contributed by atoms with Crippen molar-refractivity contribution in [3.8, 4) is 10.6 Å². The molecule has 0 saturated carbocycles. The molecule has 1 aliphatic heterocycles. The second-order valence-corrected chi connectivity index (χ2v) is 7.44. The number of nitrogens with zero attached hydrogens (tertiary/aromatic N) is 1. The zero-order chi connectivity index (χ0) is 15.2. The first-order chi connectivity index (χ1) is 10.8. The summed E-state index contributed by atoms with van der Waals surface area (Å²) < 4.78 is 5.34. The van der Waals surface area contributed by atoms with Gasteiger partial charge in [-0.25, -0.2) is 0 Å². The Labute approximate surface area is 137 Å². The smallest absolute Gasteiger partial charge is 0.271 e. The van der Waals surface area contributed by atoms with Crippen molar-refractivity contribution in [1.82, 2.24) is 15.5 Å². The summed E-state index contributed by atoms with van der Waals surface area (Å²) in [5, 5.41) is 12.6. The summed E-state index contributed by atoms with van der Waals surface area (Å²) in [7, 11) is 0. The molecule has 2 N–H and O–H groups in total. The van der Waals surface area contributed by atoms with Crippen molar-refractivity contribution in [2.24, 2.45) is 0 Å². The molecule has 118 valence electrons. The van der Waals surface area contributed by atoms with E-state index in [4.69, 9.17) is 4.74 Å². The second-order valence-electron chi connectivity index (χ2n) is 5.08. The predicted octanol–water partition coefficient (Wildman–Crippen LogP) is 2.78. The van der Waals surface area contributed by atoms with Gasteiger partial charge in [-0.2, -0.15) is 16.9 Å². The monoisotopic (exact) mass is 337 g/mol. The Morgan fingerprint density at radius 3 is 3.14 bits per heavy atom. The van der Waals surface area contributed by atoms with Gasteiger partial charge in [0.1, 0.15) is 0 Å². The average molecular weight is 337 g/mol. The molecular formula is C15H19N3O2S2. The van der Waals surface area contributed by atoms with E-state index >= 15 is 0 Å². The number of carbonyl (C=O) groups excluding carboxylic acids is 1. The summed E-state index contributed by atoms with van der Waals surface area (Å²) in [6.07, 6.45) is 2.23. The molecule has 1 aliphatic rings. The summed E-state index contributed by atoms with van der Waals surface area (Å²) in [6.45, 7) is 2.40. The van der Waals surface area contributed by atoms with Gasteiger partial charge >= 0.3 is 0 Å². The van der Waals surface area contributed by atoms with Crippen LogP contribution in [0.15, 0.2) is 23.6 Å². The minimum atomic E-state index is -0.119. The van der Waals surface area contributed by atoms with E-state index in [0.29, 0.717) is 17.5 Å². The lowest BCUT2D eigenvalue weighted by Gasteiger charge is -2.21. The van der Waals surface area contributed by atoms with Gasteiger partial charge in [0.05, 0.1) is 10.6 Å². The Bertz CT molecular complexity index is 592. The third-order valence-electron chi connectivity index (χ3n) is 3.51. The fraction of sp³-hybridized carbons (Fsp3) is 0.467. The SMILES string of the molecule is O=C(NCCSC1CCOCC1)c1cc(-c2cccs2)[nH]n1. The highest BCUT2D eigenvalue weighted by Gasteiger charge is 2.15. The highest BCUT2D eigenvalue weighted by atomic mass is 32.2. The number of aromatic amines is 1. The van der Waals surface area contributed by atoms with E-state index in [2.05, 4.69) is 15.5 Å². The average Bonchev–Trinajstić information content (AvgIpc) is 3.22. The second kappa shape index (κ2) is 7.80. The summed E-state index contributed by atoms with van der Waals surface area (Å²) in [5.74, 6) is 0.810. The molecule has 0 aromatic carbocycles. The molecule has 22 heavy (non-hydrogen) atoms. The molecule has 1 fully saturated rings. The number of hydrogen-bond acceptors (Lipinski definition) is 5. The molecule has 0 bridgehead atoms. The first-order valence-electron chi connectivity index (χ1n) is 7.40. The van der Waals surface area contributed by atoms with E-state index in [9.17, 15) is 4.79 Å². The van der Waals surface area contributed by atoms with Crippen molar-refractivity contribution in [3.63, 3.8) is 0 Å². The van der Waals surface area contributed by atoms with Gasteiger partial charge in [0, 0.05) is 30.8 Å². The molecule has 0 radical (unpaired) electrons. The molecule has 2 aromatic rings. The molecule has 1 amide bonds. The summed E-state index contributed by atoms with van der Waals surface area (Å²) in [5.41, 5.74) is 1.33. The molecule has 0 spiro atoms. The van der Waals surface area contributed by atoms with Gasteiger partial charge in [-0.3, -0.25) is 9.89 Å². The van der Waals surface area contributed by atoms with Crippen LogP contribution in [-0.4, -0.2) is 46.9 Å². The topological polar surface area (TPSA) is 67.0 Å². The van der Waals surface area contributed by atoms with Gasteiger partial charge in [-0.1, -0.05) is 6.07 Å². The van der Waals surface area contributed by atoms with Crippen LogP contribution in [0.3, 0.4) is 0 Å². The third kappa shape index (κ3) is 4.12. The number of amides is 1. The number of nitrogens with one attached hydrogen (secondary N) is 2. The maximum Gasteiger partial charge on any atom is 0.271 e. The largest absolute Gasteiger partial charge is 0.381 e. The third-order valence-corrected chi connectivity index (χ3v) is 5.79. The van der Waals surface area contributed by atoms with Crippen molar-refractivity contribution in [1.29, 1.82) is 0 Å². The Morgan fingerprint density at radius 2 is 2.36 bits per heavy atom. The lowest BCUT2D eigenvalue weighted by Crippen LogP contribution is -2.27. The van der Waals surface area contributed by atoms with Crippen LogP contribution in [0.4, 0.5) is 0 Å². The van der Waals surface area contributed by atoms with Crippen LogP contribution < -0.4 is 5.32 Å². The van der Waals surface area contributed by atoms with Crippen LogP contribution in [0.5, 0.6) is 0 Å². The van der Waals surface area contributed by atoms with E-state index in [0.717, 1.165) is 42.4 Å². The summed E-state index contributed by atoms with van der Waals surface area (Å²) in [4.78, 5) is 13.1. The van der Waals surface area contributed by atoms with Crippen molar-refractivity contribution >= 4 is 29.0 Å². The van der Waals surface area contributed by atoms with Crippen LogP contribution in [0, 0.1) is 0 Å². The minimum absolute atomic E-state index is 0.119. The molecule has 0 aliphatic carbocycles. The van der Waals surface area contributed by atoms with E-state index < -0.39 is 0 Å². The number of ether oxygens (including phenoxy) is 1. The van der Waals surface area contributed by atoms with Crippen molar-refractivity contribution < 1.29 is 9.53 Å². The fourth-order valence-electron chi connectivity index (χ4n) is 2.32. The predicted molar refractivity (Wildman–Crippen MR) is 90.5 cm³/mol. The maximum atomic E-state index is 12.1. The van der Waals surface area contributed by atoms with Crippen LogP contribution in [0.25, 0.3) is 10.6 Å². The molecule has 7 heteroatoms. The zero-order valence-electron chi connectivity index (χ0n) is 12.2. The molecule has 5 nitrogen and oxygen atoms in total. The number of hydrogen-bond donors (Lipinski definition) is 2. The first kappa shape index (κ1) is 15.6. The lowest BCUT2D eigenvalue weighted by atomic mass is 10.2. The van der Waals surface area contributed by atoms with Crippen LogP contribution in [-0.2, 0) is 4.74 Å². The zero-order valence-corrected chi connectivity index (χ0v) is 13.8. The molecule has 0 atom stereocenters. The van der Waals surface area contributed by atoms with Crippen molar-refractivity contribution in [2.75, 3.05) is 25.5 Å². The molecule has 3 rings (SSSR count). The van der Waals surface area contributed by atoms with Gasteiger partial charge in [0.15, 0.2) is 5.69 Å². The van der Waals surface area contributed by atoms with E-state index in [1.165, 1.54) is 0 Å². The van der Waals surface area contributed by atoms with Gasteiger partial charge in [0.25, 0.3) is 5.91 Å². The highest BCUT2D eigenvalue weighted by molar-refractivity contribution is 7.99. The number of H-pyrrole nitrogens is 1. The van der Waals surface area contributed by atoms with E-state index in [-0.39, 0.29) is 5.91 Å². The number of carbonyl (C=O) groups is 1. The molecular weight excluding hydrogens is 318 g/mol. The quantitative estimate of drug-likeness (QED) is 0.796. The van der Waals surface area contributed by atoms with Crippen molar-refractivity contribution in [2.45, 2.75) is 18.1 Å². The normalized spacial score (nSPS) is 15.8. The number of rotatable bonds is 6. The molecule has 3 heterocycles. The standard InChI is InChI=1S/C15H19N3O2S2/c19-15(16-5-9-21-11-3-6-20-7-4-11)13-10-12(17-18-13)14-2-1-8-22-14/h1-2,8,10-11H,3-7,9H2,(H,16,19)(H,17,18). The van der Waals surface area contributed by atoms with E-state index in [1.807, 2.05) is 29.3 Å². The van der Waals surface area contributed by atoms with Crippen molar-refractivity contribution in [3.05, 3.63) is 29.3 Å². The maximum absolute atomic E-state index is 12.1. The fourth-order valence-corrected chi connectivity index (χ4v) is 4.09. The molecule has 0 unspecified atom stereocenters. The Kier molecular flexibility index (Phi) is 5.53. The Morgan fingerprint density at radius 1 is 1.50 bits per heavy atom. The Balaban J connectivity index is 1.42. The molecule has 1 saturated heterocycles. The number of aromatic nitrogens is 2. The minimum Gasteiger partial charge on any atom is -0.381 e. The van der Waals surface area contributed by atoms with Gasteiger partial charge in [-0.15, -0.1) is 11.3 Å². The van der Waals surface area contributed by atoms with Crippen LogP contribution in [0.2, 0.25) is 0 Å². The summed E-state index contributed by atoms with van der Waals surface area (Å²) in [6, 6.07) is 5.78. The Hall–Kier alpha value is -1.31. The molecule has 2 aromatic heterocycles. The van der Waals surface area contributed by atoms with E-state index in [1.54, 1.807) is 17.4 Å². The van der Waals surface area contributed by atoms with Crippen LogP contribution >= 0.6 is 23.1 Å². The highest BCUT2D eigenvalue weighted by Crippen LogP contribution is 2.23. The number of thioether (sulfide) groups is 1. The first-order valence-corrected chi connectivity index (χ1v) is 9.32.